The van der Waals surface area contributed by atoms with E-state index in [9.17, 15) is 5.11 Å². The molecular formula is C19H20N4O. The predicted octanol–water partition coefficient (Wildman–Crippen LogP) is 4.14. The average Bonchev–Trinajstić information content (AvgIpc) is 2.63. The molecule has 122 valence electrons. The van der Waals surface area contributed by atoms with Crippen molar-refractivity contribution in [1.82, 2.24) is 15.0 Å². The maximum absolute atomic E-state index is 9.66. The minimum atomic E-state index is 0.164. The van der Waals surface area contributed by atoms with Crippen LogP contribution in [0.2, 0.25) is 0 Å². The monoisotopic (exact) mass is 320 g/mol. The number of benzene rings is 1. The van der Waals surface area contributed by atoms with Gasteiger partial charge in [-0.1, -0.05) is 25.3 Å². The van der Waals surface area contributed by atoms with E-state index in [1.165, 1.54) is 38.3 Å². The number of pyridine rings is 1. The smallest absolute Gasteiger partial charge is 0.137 e. The molecule has 2 N–H and O–H groups in total. The average molecular weight is 320 g/mol. The summed E-state index contributed by atoms with van der Waals surface area (Å²) >= 11 is 0. The Morgan fingerprint density at radius 1 is 0.958 bits per heavy atom. The zero-order chi connectivity index (χ0) is 16.4. The van der Waals surface area contributed by atoms with Crippen LogP contribution in [0.5, 0.6) is 5.75 Å². The Morgan fingerprint density at radius 3 is 2.67 bits per heavy atom. The molecule has 1 aromatic carbocycles. The van der Waals surface area contributed by atoms with Gasteiger partial charge in [0.2, 0.25) is 0 Å². The normalized spacial score (nSPS) is 15.5. The molecule has 0 aliphatic heterocycles. The molecule has 1 fully saturated rings. The van der Waals surface area contributed by atoms with Crippen LogP contribution in [-0.2, 0) is 0 Å². The molecule has 2 aromatic heterocycles. The number of aromatic nitrogens is 3. The van der Waals surface area contributed by atoms with Crippen LogP contribution in [0, 0.1) is 0 Å². The molecule has 0 radical (unpaired) electrons. The third-order valence-electron chi connectivity index (χ3n) is 4.64. The van der Waals surface area contributed by atoms with Crippen molar-refractivity contribution in [3.63, 3.8) is 0 Å². The van der Waals surface area contributed by atoms with Gasteiger partial charge in [-0.25, -0.2) is 9.97 Å². The summed E-state index contributed by atoms with van der Waals surface area (Å²) in [6.07, 6.45) is 11.1. The summed E-state index contributed by atoms with van der Waals surface area (Å²) in [5, 5.41) is 14.3. The van der Waals surface area contributed by atoms with Crippen molar-refractivity contribution in [3.05, 3.63) is 43.0 Å². The number of nitrogens with one attached hydrogen (secondary N) is 1. The van der Waals surface area contributed by atoms with Crippen LogP contribution < -0.4 is 5.32 Å². The van der Waals surface area contributed by atoms with Gasteiger partial charge in [0.1, 0.15) is 17.9 Å². The molecule has 24 heavy (non-hydrogen) atoms. The first-order chi connectivity index (χ1) is 11.8. The van der Waals surface area contributed by atoms with Gasteiger partial charge in [-0.2, -0.15) is 0 Å². The molecule has 1 aliphatic carbocycles. The lowest BCUT2D eigenvalue weighted by Gasteiger charge is -2.23. The van der Waals surface area contributed by atoms with Crippen LogP contribution in [0.3, 0.4) is 0 Å². The molecule has 1 aliphatic rings. The number of hydrogen-bond donors (Lipinski definition) is 2. The Hall–Kier alpha value is -2.69. The highest BCUT2D eigenvalue weighted by molar-refractivity contribution is 5.92. The van der Waals surface area contributed by atoms with E-state index in [4.69, 9.17) is 0 Å². The van der Waals surface area contributed by atoms with Crippen LogP contribution in [0.4, 0.5) is 5.82 Å². The van der Waals surface area contributed by atoms with Gasteiger partial charge in [0, 0.05) is 23.2 Å². The summed E-state index contributed by atoms with van der Waals surface area (Å²) in [5.74, 6) is 1.05. The summed E-state index contributed by atoms with van der Waals surface area (Å²) < 4.78 is 0. The topological polar surface area (TPSA) is 70.9 Å². The lowest BCUT2D eigenvalue weighted by Crippen LogP contribution is -2.23. The molecule has 0 atom stereocenters. The third kappa shape index (κ3) is 3.02. The first kappa shape index (κ1) is 14.9. The van der Waals surface area contributed by atoms with Crippen molar-refractivity contribution in [1.29, 1.82) is 0 Å². The van der Waals surface area contributed by atoms with Crippen LogP contribution in [-0.4, -0.2) is 26.1 Å². The fourth-order valence-corrected chi connectivity index (χ4v) is 3.38. The first-order valence-electron chi connectivity index (χ1n) is 8.45. The van der Waals surface area contributed by atoms with Gasteiger partial charge < -0.3 is 10.4 Å². The molecule has 0 bridgehead atoms. The Bertz CT molecular complexity index is 859. The van der Waals surface area contributed by atoms with E-state index in [1.54, 1.807) is 18.6 Å². The maximum Gasteiger partial charge on any atom is 0.137 e. The van der Waals surface area contributed by atoms with Gasteiger partial charge in [-0.05, 0) is 36.6 Å². The molecule has 2 heterocycles. The number of fused-ring (bicyclic) bond motifs is 1. The number of nitrogens with zero attached hydrogens (tertiary/aromatic N) is 3. The quantitative estimate of drug-likeness (QED) is 0.759. The molecule has 3 aromatic rings. The van der Waals surface area contributed by atoms with Gasteiger partial charge in [0.15, 0.2) is 0 Å². The van der Waals surface area contributed by atoms with Crippen molar-refractivity contribution in [2.45, 2.75) is 38.1 Å². The van der Waals surface area contributed by atoms with Crippen LogP contribution in [0.25, 0.3) is 22.0 Å². The predicted molar refractivity (Wildman–Crippen MR) is 94.9 cm³/mol. The van der Waals surface area contributed by atoms with E-state index < -0.39 is 0 Å². The lowest BCUT2D eigenvalue weighted by atomic mass is 9.95. The van der Waals surface area contributed by atoms with E-state index in [2.05, 4.69) is 26.3 Å². The van der Waals surface area contributed by atoms with Gasteiger partial charge in [0.05, 0.1) is 11.7 Å². The fourth-order valence-electron chi connectivity index (χ4n) is 3.38. The molecular weight excluding hydrogens is 300 g/mol. The molecule has 0 spiro atoms. The minimum absolute atomic E-state index is 0.164. The van der Waals surface area contributed by atoms with Crippen LogP contribution in [0.15, 0.2) is 43.0 Å². The minimum Gasteiger partial charge on any atom is -0.506 e. The molecule has 0 unspecified atom stereocenters. The number of aromatic hydroxyl groups is 1. The second-order valence-corrected chi connectivity index (χ2v) is 6.37. The van der Waals surface area contributed by atoms with E-state index in [0.717, 1.165) is 27.8 Å². The molecule has 0 saturated heterocycles. The summed E-state index contributed by atoms with van der Waals surface area (Å²) in [5.41, 5.74) is 2.79. The third-order valence-corrected chi connectivity index (χ3v) is 4.64. The first-order valence-corrected chi connectivity index (χ1v) is 8.45. The summed E-state index contributed by atoms with van der Waals surface area (Å²) in [7, 11) is 0. The van der Waals surface area contributed by atoms with Crippen molar-refractivity contribution in [2.75, 3.05) is 5.32 Å². The zero-order valence-corrected chi connectivity index (χ0v) is 13.4. The molecule has 5 nitrogen and oxygen atoms in total. The van der Waals surface area contributed by atoms with Crippen LogP contribution >= 0.6 is 0 Å². The summed E-state index contributed by atoms with van der Waals surface area (Å²) in [6, 6.07) is 8.25. The summed E-state index contributed by atoms with van der Waals surface area (Å²) in [4.78, 5) is 12.9. The Balaban J connectivity index is 1.73. The zero-order valence-electron chi connectivity index (χ0n) is 13.4. The van der Waals surface area contributed by atoms with Gasteiger partial charge in [0.25, 0.3) is 0 Å². The molecule has 5 heteroatoms. The molecule has 4 rings (SSSR count). The van der Waals surface area contributed by atoms with Crippen LogP contribution in [0.1, 0.15) is 32.1 Å². The van der Waals surface area contributed by atoms with Gasteiger partial charge in [-0.15, -0.1) is 0 Å². The van der Waals surface area contributed by atoms with E-state index in [1.807, 2.05) is 12.1 Å². The number of rotatable bonds is 3. The largest absolute Gasteiger partial charge is 0.506 e. The highest BCUT2D eigenvalue weighted by Crippen LogP contribution is 2.29. The van der Waals surface area contributed by atoms with E-state index in [0.29, 0.717) is 6.04 Å². The SMILES string of the molecule is Oc1cncc(-c2ccc3ncnc(NC4CCCCC4)c3c2)c1. The van der Waals surface area contributed by atoms with E-state index >= 15 is 0 Å². The fraction of sp³-hybridized carbons (Fsp3) is 0.316. The lowest BCUT2D eigenvalue weighted by molar-refractivity contribution is 0.462. The Labute approximate surface area is 140 Å². The summed E-state index contributed by atoms with van der Waals surface area (Å²) in [6.45, 7) is 0. The highest BCUT2D eigenvalue weighted by Gasteiger charge is 2.15. The maximum atomic E-state index is 9.66. The van der Waals surface area contributed by atoms with Gasteiger partial charge in [-0.3, -0.25) is 4.98 Å². The number of anilines is 1. The molecule has 1 saturated carbocycles. The van der Waals surface area contributed by atoms with Crippen molar-refractivity contribution in [2.24, 2.45) is 0 Å². The second kappa shape index (κ2) is 6.43. The second-order valence-electron chi connectivity index (χ2n) is 6.37. The van der Waals surface area contributed by atoms with Crippen molar-refractivity contribution >= 4 is 16.7 Å². The number of hydrogen-bond acceptors (Lipinski definition) is 5. The molecule has 0 amide bonds. The highest BCUT2D eigenvalue weighted by atomic mass is 16.3. The van der Waals surface area contributed by atoms with E-state index in [-0.39, 0.29) is 5.75 Å². The Kier molecular flexibility index (Phi) is 3.99. The standard InChI is InChI=1S/C19H20N4O/c24-16-8-14(10-20-11-16)13-6-7-18-17(9-13)19(22-12-21-18)23-15-4-2-1-3-5-15/h6-12,15,24H,1-5H2,(H,21,22,23). The van der Waals surface area contributed by atoms with Gasteiger partial charge >= 0.3 is 0 Å². The Morgan fingerprint density at radius 2 is 1.83 bits per heavy atom. The van der Waals surface area contributed by atoms with Crippen molar-refractivity contribution in [3.8, 4) is 16.9 Å². The van der Waals surface area contributed by atoms with Crippen molar-refractivity contribution < 1.29 is 5.11 Å².